The van der Waals surface area contributed by atoms with E-state index in [1.54, 1.807) is 6.08 Å². The van der Waals surface area contributed by atoms with Gasteiger partial charge in [0.2, 0.25) is 0 Å². The molecule has 0 aliphatic rings. The second-order valence-electron chi connectivity index (χ2n) is 12.4. The summed E-state index contributed by atoms with van der Waals surface area (Å²) >= 11 is 0. The zero-order valence-corrected chi connectivity index (χ0v) is 33.1. The molecule has 0 aliphatic carbocycles. The van der Waals surface area contributed by atoms with E-state index in [1.165, 1.54) is 19.3 Å². The van der Waals surface area contributed by atoms with Crippen LogP contribution in [0.4, 0.5) is 0 Å². The van der Waals surface area contributed by atoms with Crippen molar-refractivity contribution in [1.29, 1.82) is 0 Å². The Morgan fingerprint density at radius 1 is 0.604 bits per heavy atom. The maximum Gasteiger partial charge on any atom is 0.469 e. The van der Waals surface area contributed by atoms with Gasteiger partial charge in [0.25, 0.3) is 0 Å². The van der Waals surface area contributed by atoms with Crippen molar-refractivity contribution in [3.8, 4) is 0 Å². The monoisotopic (exact) mass is 758 g/mol. The number of unbranched alkanes of at least 4 members (excludes halogenated alkanes) is 5. The van der Waals surface area contributed by atoms with Crippen LogP contribution in [0, 0.1) is 0 Å². The fraction of sp³-hybridized carbons (Fsp3) is 0.535. The minimum Gasteiger partial charge on any atom is -0.462 e. The van der Waals surface area contributed by atoms with Gasteiger partial charge in [-0.2, -0.15) is 0 Å². The van der Waals surface area contributed by atoms with Gasteiger partial charge in [0.1, 0.15) is 6.61 Å². The molecule has 0 saturated heterocycles. The van der Waals surface area contributed by atoms with E-state index in [2.05, 4.69) is 66.1 Å². The zero-order chi connectivity index (χ0) is 39.1. The molecule has 298 valence electrons. The molecular weight excluding hydrogens is 691 g/mol. The minimum atomic E-state index is -4.80. The number of esters is 2. The quantitative estimate of drug-likeness (QED) is 0.0196. The summed E-state index contributed by atoms with van der Waals surface area (Å²) in [5, 5.41) is 9.73. The van der Waals surface area contributed by atoms with Crippen LogP contribution in [-0.2, 0) is 28.2 Å². The van der Waals surface area contributed by atoms with E-state index < -0.39 is 38.6 Å². The third-order valence-electron chi connectivity index (χ3n) is 7.35. The van der Waals surface area contributed by atoms with Gasteiger partial charge in [-0.3, -0.25) is 14.1 Å². The molecule has 0 amide bonds. The van der Waals surface area contributed by atoms with Gasteiger partial charge in [-0.1, -0.05) is 136 Å². The van der Waals surface area contributed by atoms with Gasteiger partial charge in [0.05, 0.1) is 12.7 Å². The average Bonchev–Trinajstić information content (AvgIpc) is 3.12. The maximum absolute atomic E-state index is 12.4. The van der Waals surface area contributed by atoms with Gasteiger partial charge in [-0.25, -0.2) is 4.57 Å². The number of rotatable bonds is 33. The molecule has 0 radical (unpaired) electrons. The summed E-state index contributed by atoms with van der Waals surface area (Å²) in [4.78, 5) is 42.7. The summed E-state index contributed by atoms with van der Waals surface area (Å²) in [6.45, 7) is 3.30. The molecule has 1 unspecified atom stereocenters. The highest BCUT2D eigenvalue weighted by Gasteiger charge is 2.22. The van der Waals surface area contributed by atoms with Gasteiger partial charge >= 0.3 is 19.8 Å². The molecular formula is C43H67O9P. The van der Waals surface area contributed by atoms with Crippen LogP contribution in [0.25, 0.3) is 0 Å². The van der Waals surface area contributed by atoms with Gasteiger partial charge in [0.15, 0.2) is 6.10 Å². The van der Waals surface area contributed by atoms with E-state index >= 15 is 0 Å². The minimum absolute atomic E-state index is 0.0971. The molecule has 0 aromatic heterocycles. The standard InChI is InChI=1S/C43H67O9P/c1-3-5-7-8-9-10-11-12-13-14-15-16-20-23-26-29-32-36-42(45)50-38-41(39-51-53(47,48)49)52-43(46)37-33-30-27-24-21-18-17-19-22-25-28-31-35-40(44)34-6-4-2/h6,9-10,12-13,15-18,22-28,31,34,40-41,44H,3-5,7-8,11,14,19-21,29-30,32-33,35-39H2,1-2H3,(H2,47,48,49)/b10-9-,13-12-,16-15-,18-17-,25-22-,26-23-,27-24-,31-28+,34-6-/t40?,41-/m1/s1. The Morgan fingerprint density at radius 3 is 1.62 bits per heavy atom. The first kappa shape index (κ1) is 49.7. The van der Waals surface area contributed by atoms with Gasteiger partial charge in [-0.15, -0.1) is 0 Å². The van der Waals surface area contributed by atoms with Crippen molar-refractivity contribution < 1.29 is 43.0 Å². The van der Waals surface area contributed by atoms with E-state index in [9.17, 15) is 19.3 Å². The second-order valence-corrected chi connectivity index (χ2v) is 13.6. The number of aliphatic hydroxyl groups is 1. The molecule has 0 aromatic carbocycles. The van der Waals surface area contributed by atoms with Crippen LogP contribution in [0.1, 0.15) is 123 Å². The van der Waals surface area contributed by atoms with Crippen molar-refractivity contribution >= 4 is 19.8 Å². The van der Waals surface area contributed by atoms with E-state index in [1.807, 2.05) is 55.5 Å². The van der Waals surface area contributed by atoms with Gasteiger partial charge in [0, 0.05) is 12.8 Å². The normalized spacial score (nSPS) is 14.3. The van der Waals surface area contributed by atoms with Crippen LogP contribution in [0.15, 0.2) is 109 Å². The predicted octanol–water partition coefficient (Wildman–Crippen LogP) is 10.6. The highest BCUT2D eigenvalue weighted by molar-refractivity contribution is 7.46. The van der Waals surface area contributed by atoms with Crippen LogP contribution in [0.5, 0.6) is 0 Å². The van der Waals surface area contributed by atoms with Gasteiger partial charge in [-0.05, 0) is 83.5 Å². The summed E-state index contributed by atoms with van der Waals surface area (Å²) in [5.41, 5.74) is 0. The number of ether oxygens (including phenoxy) is 2. The first-order valence-electron chi connectivity index (χ1n) is 19.3. The number of phosphoric ester groups is 1. The topological polar surface area (TPSA) is 140 Å². The smallest absolute Gasteiger partial charge is 0.462 e. The molecule has 0 bridgehead atoms. The lowest BCUT2D eigenvalue weighted by Gasteiger charge is -2.18. The molecule has 0 aromatic rings. The number of hydrogen-bond donors (Lipinski definition) is 3. The Bertz CT molecular complexity index is 1230. The van der Waals surface area contributed by atoms with Crippen LogP contribution in [0.2, 0.25) is 0 Å². The molecule has 0 heterocycles. The number of allylic oxidation sites excluding steroid dienone is 16. The number of carbonyl (C=O) groups is 2. The lowest BCUT2D eigenvalue weighted by molar-refractivity contribution is -0.161. The van der Waals surface area contributed by atoms with Crippen LogP contribution >= 0.6 is 7.82 Å². The van der Waals surface area contributed by atoms with Crippen molar-refractivity contribution in [3.63, 3.8) is 0 Å². The van der Waals surface area contributed by atoms with Crippen LogP contribution < -0.4 is 0 Å². The summed E-state index contributed by atoms with van der Waals surface area (Å²) in [5.74, 6) is -1.06. The first-order valence-corrected chi connectivity index (χ1v) is 20.8. The first-order chi connectivity index (χ1) is 25.7. The third-order valence-corrected chi connectivity index (χ3v) is 7.84. The molecule has 0 spiro atoms. The molecule has 10 heteroatoms. The molecule has 9 nitrogen and oxygen atoms in total. The highest BCUT2D eigenvalue weighted by Crippen LogP contribution is 2.35. The lowest BCUT2D eigenvalue weighted by atomic mass is 10.2. The number of hydrogen-bond acceptors (Lipinski definition) is 7. The fourth-order valence-corrected chi connectivity index (χ4v) is 4.84. The van der Waals surface area contributed by atoms with Crippen LogP contribution in [0.3, 0.4) is 0 Å². The molecule has 3 N–H and O–H groups in total. The number of aliphatic hydroxyl groups excluding tert-OH is 1. The Labute approximate surface area is 319 Å². The summed E-state index contributed by atoms with van der Waals surface area (Å²) in [7, 11) is -4.80. The molecule has 53 heavy (non-hydrogen) atoms. The maximum atomic E-state index is 12.4. The van der Waals surface area contributed by atoms with E-state index in [0.717, 1.165) is 44.9 Å². The lowest BCUT2D eigenvalue weighted by Crippen LogP contribution is -2.29. The van der Waals surface area contributed by atoms with Crippen molar-refractivity contribution in [2.45, 2.75) is 135 Å². The summed E-state index contributed by atoms with van der Waals surface area (Å²) in [6, 6.07) is 0. The molecule has 2 atom stereocenters. The fourth-order valence-electron chi connectivity index (χ4n) is 4.48. The van der Waals surface area contributed by atoms with Crippen molar-refractivity contribution in [2.24, 2.45) is 0 Å². The average molecular weight is 759 g/mol. The Morgan fingerprint density at radius 2 is 1.09 bits per heavy atom. The molecule has 0 fully saturated rings. The summed E-state index contributed by atoms with van der Waals surface area (Å²) in [6.07, 6.45) is 48.7. The van der Waals surface area contributed by atoms with Crippen molar-refractivity contribution in [2.75, 3.05) is 13.2 Å². The van der Waals surface area contributed by atoms with E-state index in [0.29, 0.717) is 32.1 Å². The molecule has 0 rings (SSSR count). The highest BCUT2D eigenvalue weighted by atomic mass is 31.2. The molecule has 0 aliphatic heterocycles. The van der Waals surface area contributed by atoms with Crippen molar-refractivity contribution in [3.05, 3.63) is 109 Å². The van der Waals surface area contributed by atoms with Crippen molar-refractivity contribution in [1.82, 2.24) is 0 Å². The number of carbonyl (C=O) groups excluding carboxylic acids is 2. The van der Waals surface area contributed by atoms with Gasteiger partial charge < -0.3 is 24.4 Å². The Kier molecular flexibility index (Phi) is 34.7. The number of phosphoric acid groups is 1. The van der Waals surface area contributed by atoms with E-state index in [-0.39, 0.29) is 19.4 Å². The largest absolute Gasteiger partial charge is 0.469 e. The zero-order valence-electron chi connectivity index (χ0n) is 32.2. The van der Waals surface area contributed by atoms with E-state index in [4.69, 9.17) is 19.3 Å². The molecule has 0 saturated carbocycles. The second kappa shape index (κ2) is 37.0. The Hall–Kier alpha value is -3.33. The third kappa shape index (κ3) is 39.7. The van der Waals surface area contributed by atoms with Crippen LogP contribution in [-0.4, -0.2) is 52.3 Å². The predicted molar refractivity (Wildman–Crippen MR) is 217 cm³/mol. The SMILES string of the molecule is CC/C=C\C(O)C/C=C/C=C\C/C=C\C/C=C\CCCC(=O)O[C@H](COC(=O)CCC/C=C\C/C=C\C/C=C\C/C=C\CCCCC)COP(=O)(O)O. The Balaban J connectivity index is 4.23. The summed E-state index contributed by atoms with van der Waals surface area (Å²) < 4.78 is 26.2.